The van der Waals surface area contributed by atoms with Crippen molar-refractivity contribution in [2.45, 2.75) is 6.54 Å². The van der Waals surface area contributed by atoms with E-state index in [9.17, 15) is 4.79 Å². The smallest absolute Gasteiger partial charge is 0.258 e. The molecule has 6 nitrogen and oxygen atoms in total. The molecule has 0 fully saturated rings. The summed E-state index contributed by atoms with van der Waals surface area (Å²) < 4.78 is 16.0. The molecule has 2 aromatic rings. The zero-order valence-corrected chi connectivity index (χ0v) is 14.3. The van der Waals surface area contributed by atoms with Gasteiger partial charge < -0.3 is 24.8 Å². The van der Waals surface area contributed by atoms with E-state index < -0.39 is 0 Å². The van der Waals surface area contributed by atoms with E-state index in [1.807, 2.05) is 12.1 Å². The maximum Gasteiger partial charge on any atom is 0.258 e. The Morgan fingerprint density at radius 2 is 1.54 bits per heavy atom. The second-order valence-corrected chi connectivity index (χ2v) is 5.15. The summed E-state index contributed by atoms with van der Waals surface area (Å²) >= 11 is 0. The van der Waals surface area contributed by atoms with E-state index in [1.165, 1.54) is 26.2 Å². The van der Waals surface area contributed by atoms with Gasteiger partial charge in [0.05, 0.1) is 27.0 Å². The van der Waals surface area contributed by atoms with Crippen LogP contribution >= 0.6 is 0 Å². The van der Waals surface area contributed by atoms with Crippen molar-refractivity contribution in [2.75, 3.05) is 33.3 Å². The average molecular weight is 330 g/mol. The number of nitrogens with two attached hydrogens (primary N) is 1. The predicted octanol–water partition coefficient (Wildman–Crippen LogP) is 2.45. The Morgan fingerprint density at radius 1 is 1.00 bits per heavy atom. The molecule has 0 spiro atoms. The van der Waals surface area contributed by atoms with Crippen LogP contribution in [0.1, 0.15) is 15.9 Å². The molecule has 0 bridgehead atoms. The van der Waals surface area contributed by atoms with Gasteiger partial charge in [-0.1, -0.05) is 12.1 Å². The van der Waals surface area contributed by atoms with Gasteiger partial charge in [0.1, 0.15) is 0 Å². The van der Waals surface area contributed by atoms with Crippen LogP contribution in [0.4, 0.5) is 5.69 Å². The normalized spacial score (nSPS) is 10.2. The first kappa shape index (κ1) is 17.6. The molecule has 0 aliphatic rings. The Balaban J connectivity index is 2.37. The quantitative estimate of drug-likeness (QED) is 0.880. The van der Waals surface area contributed by atoms with E-state index in [4.69, 9.17) is 19.9 Å². The summed E-state index contributed by atoms with van der Waals surface area (Å²) in [6.07, 6.45) is 0. The molecule has 0 unspecified atom stereocenters. The largest absolute Gasteiger partial charge is 0.493 e. The Hall–Kier alpha value is -2.73. The molecule has 1 amide bonds. The molecule has 2 rings (SSSR count). The number of rotatable bonds is 6. The number of ether oxygens (including phenoxy) is 3. The molecule has 0 aliphatic carbocycles. The van der Waals surface area contributed by atoms with Crippen molar-refractivity contribution in [3.63, 3.8) is 0 Å². The van der Waals surface area contributed by atoms with Gasteiger partial charge in [-0.05, 0) is 17.7 Å². The van der Waals surface area contributed by atoms with Gasteiger partial charge in [-0.25, -0.2) is 0 Å². The number of carbonyl (C=O) groups is 1. The molecule has 0 saturated heterocycles. The summed E-state index contributed by atoms with van der Waals surface area (Å²) in [7, 11) is 6.30. The lowest BCUT2D eigenvalue weighted by atomic mass is 10.1. The fourth-order valence-corrected chi connectivity index (χ4v) is 2.36. The van der Waals surface area contributed by atoms with Gasteiger partial charge in [-0.15, -0.1) is 0 Å². The van der Waals surface area contributed by atoms with E-state index in [2.05, 4.69) is 0 Å². The standard InChI is InChI=1S/C18H22N2O4/c1-20(18(21)13-7-5-12(11-19)6-8-13)14-9-15(22-2)17(24-4)16(10-14)23-3/h5-10H,11,19H2,1-4H3. The van der Waals surface area contributed by atoms with Crippen LogP contribution in [-0.4, -0.2) is 34.3 Å². The highest BCUT2D eigenvalue weighted by atomic mass is 16.5. The lowest BCUT2D eigenvalue weighted by molar-refractivity contribution is 0.0993. The molecule has 6 heteroatoms. The van der Waals surface area contributed by atoms with Crippen LogP contribution < -0.4 is 24.8 Å². The van der Waals surface area contributed by atoms with Crippen molar-refractivity contribution in [3.8, 4) is 17.2 Å². The lowest BCUT2D eigenvalue weighted by Gasteiger charge is -2.21. The number of methoxy groups -OCH3 is 3. The third kappa shape index (κ3) is 3.44. The number of nitrogens with zero attached hydrogens (tertiary/aromatic N) is 1. The summed E-state index contributed by atoms with van der Waals surface area (Å²) in [6, 6.07) is 10.7. The first-order chi connectivity index (χ1) is 11.5. The first-order valence-electron chi connectivity index (χ1n) is 7.42. The molecule has 0 aromatic heterocycles. The van der Waals surface area contributed by atoms with Gasteiger partial charge in [-0.2, -0.15) is 0 Å². The van der Waals surface area contributed by atoms with Crippen LogP contribution in [0.2, 0.25) is 0 Å². The van der Waals surface area contributed by atoms with Gasteiger partial charge in [-0.3, -0.25) is 4.79 Å². The molecule has 0 heterocycles. The fourth-order valence-electron chi connectivity index (χ4n) is 2.36. The Labute approximate surface area is 141 Å². The molecule has 0 saturated carbocycles. The van der Waals surface area contributed by atoms with Gasteiger partial charge in [0, 0.05) is 31.3 Å². The minimum atomic E-state index is -0.146. The highest BCUT2D eigenvalue weighted by Crippen LogP contribution is 2.41. The summed E-state index contributed by atoms with van der Waals surface area (Å²) in [4.78, 5) is 14.2. The van der Waals surface area contributed by atoms with Gasteiger partial charge >= 0.3 is 0 Å². The topological polar surface area (TPSA) is 74.0 Å². The van der Waals surface area contributed by atoms with Crippen molar-refractivity contribution in [3.05, 3.63) is 47.5 Å². The Kier molecular flexibility index (Phi) is 5.65. The van der Waals surface area contributed by atoms with Crippen LogP contribution in [0.25, 0.3) is 0 Å². The molecule has 0 atom stereocenters. The van der Waals surface area contributed by atoms with Crippen molar-refractivity contribution in [1.29, 1.82) is 0 Å². The van der Waals surface area contributed by atoms with Crippen LogP contribution in [-0.2, 0) is 6.54 Å². The summed E-state index contributed by atoms with van der Waals surface area (Å²) in [5, 5.41) is 0. The molecule has 2 N–H and O–H groups in total. The van der Waals surface area contributed by atoms with Crippen molar-refractivity contribution in [2.24, 2.45) is 5.73 Å². The zero-order valence-electron chi connectivity index (χ0n) is 14.3. The van der Waals surface area contributed by atoms with Gasteiger partial charge in [0.2, 0.25) is 5.75 Å². The van der Waals surface area contributed by atoms with E-state index >= 15 is 0 Å². The van der Waals surface area contributed by atoms with E-state index in [0.717, 1.165) is 5.56 Å². The maximum absolute atomic E-state index is 12.7. The van der Waals surface area contributed by atoms with Crippen molar-refractivity contribution < 1.29 is 19.0 Å². The van der Waals surface area contributed by atoms with Crippen LogP contribution in [0, 0.1) is 0 Å². The molecular weight excluding hydrogens is 308 g/mol. The summed E-state index contributed by atoms with van der Waals surface area (Å²) in [5.74, 6) is 1.32. The number of hydrogen-bond donors (Lipinski definition) is 1. The van der Waals surface area contributed by atoms with Crippen molar-refractivity contribution >= 4 is 11.6 Å². The Bertz CT molecular complexity index is 688. The summed E-state index contributed by atoms with van der Waals surface area (Å²) in [5.41, 5.74) is 7.77. The Morgan fingerprint density at radius 3 is 1.96 bits per heavy atom. The fraction of sp³-hybridized carbons (Fsp3) is 0.278. The van der Waals surface area contributed by atoms with E-state index in [1.54, 1.807) is 31.3 Å². The number of amides is 1. The monoisotopic (exact) mass is 330 g/mol. The van der Waals surface area contributed by atoms with Gasteiger partial charge in [0.15, 0.2) is 11.5 Å². The zero-order chi connectivity index (χ0) is 17.7. The second-order valence-electron chi connectivity index (χ2n) is 5.15. The van der Waals surface area contributed by atoms with Crippen LogP contribution in [0.3, 0.4) is 0 Å². The first-order valence-corrected chi connectivity index (χ1v) is 7.42. The number of hydrogen-bond acceptors (Lipinski definition) is 5. The minimum Gasteiger partial charge on any atom is -0.493 e. The third-order valence-electron chi connectivity index (χ3n) is 3.78. The predicted molar refractivity (Wildman–Crippen MR) is 93.2 cm³/mol. The molecular formula is C18H22N2O4. The minimum absolute atomic E-state index is 0.146. The summed E-state index contributed by atoms with van der Waals surface area (Å²) in [6.45, 7) is 0.442. The number of anilines is 1. The highest BCUT2D eigenvalue weighted by Gasteiger charge is 2.19. The highest BCUT2D eigenvalue weighted by molar-refractivity contribution is 6.06. The van der Waals surface area contributed by atoms with E-state index in [-0.39, 0.29) is 5.91 Å². The maximum atomic E-state index is 12.7. The second kappa shape index (κ2) is 7.70. The number of carbonyl (C=O) groups excluding carboxylic acids is 1. The van der Waals surface area contributed by atoms with Crippen LogP contribution in [0.5, 0.6) is 17.2 Å². The lowest BCUT2D eigenvalue weighted by Crippen LogP contribution is -2.26. The molecule has 0 aliphatic heterocycles. The molecule has 24 heavy (non-hydrogen) atoms. The SMILES string of the molecule is COc1cc(N(C)C(=O)c2ccc(CN)cc2)cc(OC)c1OC. The third-order valence-corrected chi connectivity index (χ3v) is 3.78. The molecule has 2 aromatic carbocycles. The van der Waals surface area contributed by atoms with Gasteiger partial charge in [0.25, 0.3) is 5.91 Å². The average Bonchev–Trinajstić information content (AvgIpc) is 2.65. The molecule has 128 valence electrons. The number of benzene rings is 2. The van der Waals surface area contributed by atoms with Crippen LogP contribution in [0.15, 0.2) is 36.4 Å². The van der Waals surface area contributed by atoms with Crippen molar-refractivity contribution in [1.82, 2.24) is 0 Å². The molecule has 0 radical (unpaired) electrons. The van der Waals surface area contributed by atoms with E-state index in [0.29, 0.717) is 35.0 Å².